The Morgan fingerprint density at radius 2 is 2.00 bits per heavy atom. The van der Waals surface area contributed by atoms with Gasteiger partial charge in [0.05, 0.1) is 5.41 Å². The van der Waals surface area contributed by atoms with E-state index in [2.05, 4.69) is 10.2 Å². The largest absolute Gasteiger partial charge is 0.407 e. The van der Waals surface area contributed by atoms with Gasteiger partial charge in [0, 0.05) is 5.02 Å². The Kier molecular flexibility index (Phi) is 1.94. The van der Waals surface area contributed by atoms with Crippen molar-refractivity contribution in [2.75, 3.05) is 5.73 Å². The lowest BCUT2D eigenvalue weighted by atomic mass is 9.96. The fourth-order valence-corrected chi connectivity index (χ4v) is 2.32. The molecule has 5 heteroatoms. The van der Waals surface area contributed by atoms with Gasteiger partial charge in [-0.1, -0.05) is 34.9 Å². The summed E-state index contributed by atoms with van der Waals surface area (Å²) < 4.78 is 5.32. The molecule has 1 aliphatic carbocycles. The van der Waals surface area contributed by atoms with E-state index in [0.717, 1.165) is 23.4 Å². The molecule has 4 nitrogen and oxygen atoms in total. The Bertz CT molecular complexity index is 534. The van der Waals surface area contributed by atoms with Crippen LogP contribution in [0.25, 0.3) is 0 Å². The second kappa shape index (κ2) is 3.22. The van der Waals surface area contributed by atoms with Gasteiger partial charge in [0.15, 0.2) is 0 Å². The molecule has 0 radical (unpaired) electrons. The van der Waals surface area contributed by atoms with E-state index in [9.17, 15) is 0 Å². The van der Waals surface area contributed by atoms with Crippen molar-refractivity contribution in [1.82, 2.24) is 10.2 Å². The van der Waals surface area contributed by atoms with E-state index < -0.39 is 0 Å². The molecule has 2 aromatic rings. The summed E-state index contributed by atoms with van der Waals surface area (Å²) in [7, 11) is 0. The van der Waals surface area contributed by atoms with E-state index in [1.807, 2.05) is 24.3 Å². The molecule has 0 aliphatic heterocycles. The molecule has 1 fully saturated rings. The predicted octanol–water partition coefficient (Wildman–Crippen LogP) is 2.39. The van der Waals surface area contributed by atoms with Crippen molar-refractivity contribution in [3.05, 3.63) is 40.7 Å². The molecule has 0 saturated heterocycles. The van der Waals surface area contributed by atoms with Crippen LogP contribution in [0.4, 0.5) is 6.01 Å². The summed E-state index contributed by atoms with van der Waals surface area (Å²) in [6, 6.07) is 7.84. The molecular formula is C11H10ClN3O. The van der Waals surface area contributed by atoms with Gasteiger partial charge in [0.25, 0.3) is 0 Å². The minimum Gasteiger partial charge on any atom is -0.407 e. The van der Waals surface area contributed by atoms with Gasteiger partial charge in [-0.15, -0.1) is 5.10 Å². The Morgan fingerprint density at radius 1 is 1.25 bits per heavy atom. The molecule has 0 unspecified atom stereocenters. The van der Waals surface area contributed by atoms with E-state index in [-0.39, 0.29) is 11.4 Å². The first kappa shape index (κ1) is 9.66. The Balaban J connectivity index is 2.10. The fourth-order valence-electron chi connectivity index (χ4n) is 2.00. The van der Waals surface area contributed by atoms with Gasteiger partial charge in [-0.25, -0.2) is 0 Å². The molecule has 2 N–H and O–H groups in total. The van der Waals surface area contributed by atoms with Gasteiger partial charge in [-0.3, -0.25) is 0 Å². The first-order valence-electron chi connectivity index (χ1n) is 5.07. The number of anilines is 1. The molecule has 0 amide bonds. The van der Waals surface area contributed by atoms with E-state index in [1.165, 1.54) is 0 Å². The topological polar surface area (TPSA) is 64.9 Å². The second-order valence-electron chi connectivity index (χ2n) is 4.01. The van der Waals surface area contributed by atoms with Crippen LogP contribution in [0.5, 0.6) is 0 Å². The summed E-state index contributed by atoms with van der Waals surface area (Å²) in [4.78, 5) is 0. The lowest BCUT2D eigenvalue weighted by molar-refractivity contribution is 0.476. The van der Waals surface area contributed by atoms with Crippen molar-refractivity contribution in [2.45, 2.75) is 18.3 Å². The van der Waals surface area contributed by atoms with Crippen LogP contribution < -0.4 is 5.73 Å². The van der Waals surface area contributed by atoms with Gasteiger partial charge in [-0.2, -0.15) is 0 Å². The van der Waals surface area contributed by atoms with Crippen molar-refractivity contribution in [3.8, 4) is 0 Å². The van der Waals surface area contributed by atoms with Crippen LogP contribution in [-0.4, -0.2) is 10.2 Å². The zero-order valence-electron chi connectivity index (χ0n) is 8.48. The maximum Gasteiger partial charge on any atom is 0.312 e. The lowest BCUT2D eigenvalue weighted by Crippen LogP contribution is -2.09. The van der Waals surface area contributed by atoms with Crippen molar-refractivity contribution in [2.24, 2.45) is 0 Å². The van der Waals surface area contributed by atoms with Gasteiger partial charge in [0.1, 0.15) is 0 Å². The third kappa shape index (κ3) is 1.30. The Hall–Kier alpha value is -1.55. The molecule has 0 bridgehead atoms. The van der Waals surface area contributed by atoms with Crippen LogP contribution in [0.15, 0.2) is 28.7 Å². The molecule has 3 rings (SSSR count). The third-order valence-corrected chi connectivity index (χ3v) is 3.32. The quantitative estimate of drug-likeness (QED) is 0.868. The van der Waals surface area contributed by atoms with Crippen LogP contribution in [0.2, 0.25) is 5.02 Å². The summed E-state index contributed by atoms with van der Waals surface area (Å²) in [6.07, 6.45) is 1.94. The maximum atomic E-state index is 6.18. The highest BCUT2D eigenvalue weighted by Gasteiger charge is 2.51. The van der Waals surface area contributed by atoms with Crippen LogP contribution in [-0.2, 0) is 5.41 Å². The van der Waals surface area contributed by atoms with E-state index >= 15 is 0 Å². The summed E-state index contributed by atoms with van der Waals surface area (Å²) >= 11 is 6.18. The van der Waals surface area contributed by atoms with Crippen LogP contribution >= 0.6 is 11.6 Å². The number of hydrogen-bond acceptors (Lipinski definition) is 4. The number of halogens is 1. The number of hydrogen-bond donors (Lipinski definition) is 1. The molecule has 16 heavy (non-hydrogen) atoms. The Labute approximate surface area is 97.4 Å². The summed E-state index contributed by atoms with van der Waals surface area (Å²) in [5.74, 6) is 0.568. The zero-order chi connectivity index (χ0) is 11.2. The number of rotatable bonds is 2. The van der Waals surface area contributed by atoms with Crippen LogP contribution in [0, 0.1) is 0 Å². The van der Waals surface area contributed by atoms with Crippen molar-refractivity contribution in [3.63, 3.8) is 0 Å². The first-order valence-corrected chi connectivity index (χ1v) is 5.45. The molecule has 1 heterocycles. The average molecular weight is 236 g/mol. The standard InChI is InChI=1S/C11H10ClN3O/c12-8-4-2-1-3-7(8)11(5-6-11)9-14-15-10(13)16-9/h1-4H,5-6H2,(H2,13,15). The van der Waals surface area contributed by atoms with E-state index in [1.54, 1.807) is 0 Å². The molecule has 1 aromatic heterocycles. The van der Waals surface area contributed by atoms with Gasteiger partial charge >= 0.3 is 6.01 Å². The SMILES string of the molecule is Nc1nnc(C2(c3ccccc3Cl)CC2)o1. The molecule has 0 atom stereocenters. The highest BCUT2D eigenvalue weighted by molar-refractivity contribution is 6.31. The number of benzene rings is 1. The number of nitrogens with zero attached hydrogens (tertiary/aromatic N) is 2. The monoisotopic (exact) mass is 235 g/mol. The number of nitrogen functional groups attached to an aromatic ring is 1. The molecule has 1 aromatic carbocycles. The minimum atomic E-state index is -0.205. The van der Waals surface area contributed by atoms with Crippen LogP contribution in [0.1, 0.15) is 24.3 Å². The average Bonchev–Trinajstić information content (AvgIpc) is 2.96. The molecular weight excluding hydrogens is 226 g/mol. The lowest BCUT2D eigenvalue weighted by Gasteiger charge is -2.12. The maximum absolute atomic E-state index is 6.18. The summed E-state index contributed by atoms with van der Waals surface area (Å²) in [5.41, 5.74) is 6.28. The molecule has 1 saturated carbocycles. The smallest absolute Gasteiger partial charge is 0.312 e. The van der Waals surface area contributed by atoms with Gasteiger partial charge in [0.2, 0.25) is 5.89 Å². The van der Waals surface area contributed by atoms with E-state index in [0.29, 0.717) is 5.89 Å². The highest BCUT2D eigenvalue weighted by atomic mass is 35.5. The molecule has 0 spiro atoms. The normalized spacial score (nSPS) is 17.3. The van der Waals surface area contributed by atoms with E-state index in [4.69, 9.17) is 21.8 Å². The van der Waals surface area contributed by atoms with Gasteiger partial charge in [-0.05, 0) is 24.5 Å². The van der Waals surface area contributed by atoms with Crippen LogP contribution in [0.3, 0.4) is 0 Å². The zero-order valence-corrected chi connectivity index (χ0v) is 9.24. The van der Waals surface area contributed by atoms with Crippen molar-refractivity contribution >= 4 is 17.6 Å². The summed E-state index contributed by atoms with van der Waals surface area (Å²) in [6.45, 7) is 0. The first-order chi connectivity index (χ1) is 7.72. The van der Waals surface area contributed by atoms with Crippen molar-refractivity contribution < 1.29 is 4.42 Å². The highest BCUT2D eigenvalue weighted by Crippen LogP contribution is 2.54. The third-order valence-electron chi connectivity index (χ3n) is 2.99. The fraction of sp³-hybridized carbons (Fsp3) is 0.273. The Morgan fingerprint density at radius 3 is 2.56 bits per heavy atom. The number of nitrogens with two attached hydrogens (primary N) is 1. The summed E-state index contributed by atoms with van der Waals surface area (Å²) in [5, 5.41) is 8.40. The minimum absolute atomic E-state index is 0.105. The number of aromatic nitrogens is 2. The second-order valence-corrected chi connectivity index (χ2v) is 4.41. The van der Waals surface area contributed by atoms with Gasteiger partial charge < -0.3 is 10.2 Å². The molecule has 82 valence electrons. The van der Waals surface area contributed by atoms with Crippen molar-refractivity contribution in [1.29, 1.82) is 0 Å². The molecule has 1 aliphatic rings. The predicted molar refractivity (Wildman–Crippen MR) is 60.2 cm³/mol.